The van der Waals surface area contributed by atoms with Crippen LogP contribution in [0, 0.1) is 11.3 Å². The Kier molecular flexibility index (Phi) is 5.13. The molecule has 0 atom stereocenters. The number of anilines is 1. The van der Waals surface area contributed by atoms with Crippen molar-refractivity contribution in [1.82, 2.24) is 4.31 Å². The van der Waals surface area contributed by atoms with Crippen LogP contribution in [-0.4, -0.2) is 32.9 Å². The minimum atomic E-state index is -3.49. The fourth-order valence-electron chi connectivity index (χ4n) is 1.57. The normalized spacial score (nSPS) is 11.2. The zero-order valence-corrected chi connectivity index (χ0v) is 11.4. The van der Waals surface area contributed by atoms with Gasteiger partial charge in [0.2, 0.25) is 10.0 Å². The van der Waals surface area contributed by atoms with E-state index in [1.807, 2.05) is 6.07 Å². The van der Waals surface area contributed by atoms with E-state index in [0.717, 1.165) is 5.69 Å². The fraction of sp³-hybridized carbons (Fsp3) is 0.417. The lowest BCUT2D eigenvalue weighted by molar-refractivity contribution is 0.435. The van der Waals surface area contributed by atoms with E-state index in [0.29, 0.717) is 6.54 Å². The van der Waals surface area contributed by atoms with E-state index in [9.17, 15) is 8.42 Å². The smallest absolute Gasteiger partial charge is 0.243 e. The molecule has 0 aromatic heterocycles. The SMILES string of the molecule is CCN(CCC#N)S(=O)(=O)c1ccc(NC)cc1. The first-order valence-electron chi connectivity index (χ1n) is 5.71. The van der Waals surface area contributed by atoms with Crippen LogP contribution in [0.2, 0.25) is 0 Å². The zero-order valence-electron chi connectivity index (χ0n) is 10.5. The van der Waals surface area contributed by atoms with Crippen LogP contribution in [0.25, 0.3) is 0 Å². The first-order valence-corrected chi connectivity index (χ1v) is 7.15. The molecule has 0 unspecified atom stereocenters. The molecule has 0 fully saturated rings. The second kappa shape index (κ2) is 6.38. The summed E-state index contributed by atoms with van der Waals surface area (Å²) >= 11 is 0. The lowest BCUT2D eigenvalue weighted by Crippen LogP contribution is -2.31. The quantitative estimate of drug-likeness (QED) is 0.850. The molecular formula is C12H17N3O2S. The highest BCUT2D eigenvalue weighted by atomic mass is 32.2. The van der Waals surface area contributed by atoms with Gasteiger partial charge in [-0.05, 0) is 24.3 Å². The summed E-state index contributed by atoms with van der Waals surface area (Å²) in [4.78, 5) is 0.251. The summed E-state index contributed by atoms with van der Waals surface area (Å²) in [5.74, 6) is 0. The summed E-state index contributed by atoms with van der Waals surface area (Å²) in [7, 11) is -1.72. The van der Waals surface area contributed by atoms with Crippen LogP contribution < -0.4 is 5.32 Å². The highest BCUT2D eigenvalue weighted by Gasteiger charge is 2.22. The molecule has 1 rings (SSSR count). The highest BCUT2D eigenvalue weighted by Crippen LogP contribution is 2.18. The Bertz CT molecular complexity index is 517. The van der Waals surface area contributed by atoms with E-state index < -0.39 is 10.0 Å². The number of rotatable bonds is 6. The number of nitriles is 1. The van der Waals surface area contributed by atoms with Gasteiger partial charge in [0.1, 0.15) is 0 Å². The van der Waals surface area contributed by atoms with Gasteiger partial charge in [-0.1, -0.05) is 6.92 Å². The van der Waals surface area contributed by atoms with Gasteiger partial charge in [-0.15, -0.1) is 0 Å². The second-order valence-corrected chi connectivity index (χ2v) is 5.62. The summed E-state index contributed by atoms with van der Waals surface area (Å²) in [6.45, 7) is 2.35. The molecule has 5 nitrogen and oxygen atoms in total. The molecule has 0 saturated carbocycles. The molecule has 18 heavy (non-hydrogen) atoms. The summed E-state index contributed by atoms with van der Waals surface area (Å²) in [6.07, 6.45) is 0.196. The van der Waals surface area contributed by atoms with Crippen LogP contribution >= 0.6 is 0 Å². The Balaban J connectivity index is 2.99. The Morgan fingerprint density at radius 3 is 2.39 bits per heavy atom. The van der Waals surface area contributed by atoms with Gasteiger partial charge in [0.05, 0.1) is 11.0 Å². The maximum Gasteiger partial charge on any atom is 0.243 e. The third-order valence-corrected chi connectivity index (χ3v) is 4.59. The van der Waals surface area contributed by atoms with Crippen LogP contribution in [-0.2, 0) is 10.0 Å². The minimum absolute atomic E-state index is 0.196. The largest absolute Gasteiger partial charge is 0.388 e. The molecule has 0 aliphatic rings. The first-order chi connectivity index (χ1) is 8.56. The van der Waals surface area contributed by atoms with Gasteiger partial charge in [-0.3, -0.25) is 0 Å². The van der Waals surface area contributed by atoms with Crippen molar-refractivity contribution in [2.45, 2.75) is 18.2 Å². The number of nitrogens with one attached hydrogen (secondary N) is 1. The van der Waals surface area contributed by atoms with Crippen LogP contribution in [0.1, 0.15) is 13.3 Å². The molecule has 0 aliphatic carbocycles. The van der Waals surface area contributed by atoms with E-state index in [1.165, 1.54) is 4.31 Å². The van der Waals surface area contributed by atoms with Gasteiger partial charge in [0, 0.05) is 32.2 Å². The number of hydrogen-bond donors (Lipinski definition) is 1. The zero-order chi connectivity index (χ0) is 13.6. The van der Waals surface area contributed by atoms with Crippen molar-refractivity contribution in [2.75, 3.05) is 25.5 Å². The van der Waals surface area contributed by atoms with Gasteiger partial charge in [0.15, 0.2) is 0 Å². The second-order valence-electron chi connectivity index (χ2n) is 3.68. The molecule has 1 N–H and O–H groups in total. The van der Waals surface area contributed by atoms with Gasteiger partial charge in [-0.2, -0.15) is 9.57 Å². The summed E-state index contributed by atoms with van der Waals surface area (Å²) in [5.41, 5.74) is 0.856. The van der Waals surface area contributed by atoms with Gasteiger partial charge in [-0.25, -0.2) is 8.42 Å². The van der Waals surface area contributed by atoms with Crippen LogP contribution in [0.15, 0.2) is 29.2 Å². The van der Waals surface area contributed by atoms with Crippen LogP contribution in [0.5, 0.6) is 0 Å². The van der Waals surface area contributed by atoms with Crippen molar-refractivity contribution in [3.63, 3.8) is 0 Å². The Morgan fingerprint density at radius 2 is 1.94 bits per heavy atom. The standard InChI is InChI=1S/C12H17N3O2S/c1-3-15(10-4-9-13)18(16,17)12-7-5-11(14-2)6-8-12/h5-8,14H,3-4,10H2,1-2H3. The molecule has 0 amide bonds. The third-order valence-electron chi connectivity index (χ3n) is 2.61. The molecule has 1 aromatic carbocycles. The molecule has 0 aliphatic heterocycles. The van der Waals surface area contributed by atoms with Crippen molar-refractivity contribution in [1.29, 1.82) is 5.26 Å². The van der Waals surface area contributed by atoms with E-state index in [1.54, 1.807) is 38.2 Å². The molecule has 0 spiro atoms. The molecule has 0 saturated heterocycles. The minimum Gasteiger partial charge on any atom is -0.388 e. The summed E-state index contributed by atoms with van der Waals surface area (Å²) < 4.78 is 25.8. The topological polar surface area (TPSA) is 73.2 Å². The van der Waals surface area contributed by atoms with E-state index in [-0.39, 0.29) is 17.9 Å². The van der Waals surface area contributed by atoms with Gasteiger partial charge < -0.3 is 5.32 Å². The Hall–Kier alpha value is -1.58. The Morgan fingerprint density at radius 1 is 1.33 bits per heavy atom. The Labute approximate surface area is 108 Å². The van der Waals surface area contributed by atoms with Crippen molar-refractivity contribution in [3.05, 3.63) is 24.3 Å². The molecule has 6 heteroatoms. The summed E-state index contributed by atoms with van der Waals surface area (Å²) in [6, 6.07) is 8.52. The molecule has 0 radical (unpaired) electrons. The van der Waals surface area contributed by atoms with E-state index in [2.05, 4.69) is 5.32 Å². The lowest BCUT2D eigenvalue weighted by atomic mass is 10.3. The average Bonchev–Trinajstić information content (AvgIpc) is 2.39. The number of sulfonamides is 1. The average molecular weight is 267 g/mol. The van der Waals surface area contributed by atoms with Crippen molar-refractivity contribution in [2.24, 2.45) is 0 Å². The van der Waals surface area contributed by atoms with Crippen LogP contribution in [0.4, 0.5) is 5.69 Å². The molecule has 0 bridgehead atoms. The molecule has 1 aromatic rings. The number of hydrogen-bond acceptors (Lipinski definition) is 4. The van der Waals surface area contributed by atoms with E-state index in [4.69, 9.17) is 5.26 Å². The predicted molar refractivity (Wildman–Crippen MR) is 70.7 cm³/mol. The van der Waals surface area contributed by atoms with Gasteiger partial charge in [0.25, 0.3) is 0 Å². The molecular weight excluding hydrogens is 250 g/mol. The lowest BCUT2D eigenvalue weighted by Gasteiger charge is -2.19. The third kappa shape index (κ3) is 3.22. The maximum absolute atomic E-state index is 12.3. The van der Waals surface area contributed by atoms with Crippen LogP contribution in [0.3, 0.4) is 0 Å². The predicted octanol–water partition coefficient (Wildman–Crippen LogP) is 1.65. The molecule has 0 heterocycles. The fourth-order valence-corrected chi connectivity index (χ4v) is 3.02. The van der Waals surface area contributed by atoms with E-state index >= 15 is 0 Å². The molecule has 98 valence electrons. The monoisotopic (exact) mass is 267 g/mol. The summed E-state index contributed by atoms with van der Waals surface area (Å²) in [5, 5.41) is 11.5. The van der Waals surface area contributed by atoms with Gasteiger partial charge >= 0.3 is 0 Å². The van der Waals surface area contributed by atoms with Crippen molar-refractivity contribution >= 4 is 15.7 Å². The maximum atomic E-state index is 12.3. The highest BCUT2D eigenvalue weighted by molar-refractivity contribution is 7.89. The number of nitrogens with zero attached hydrogens (tertiary/aromatic N) is 2. The first kappa shape index (κ1) is 14.5. The number of benzene rings is 1. The van der Waals surface area contributed by atoms with Crippen molar-refractivity contribution < 1.29 is 8.42 Å². The van der Waals surface area contributed by atoms with Crippen molar-refractivity contribution in [3.8, 4) is 6.07 Å².